The van der Waals surface area contributed by atoms with Crippen molar-refractivity contribution in [3.63, 3.8) is 0 Å². The van der Waals surface area contributed by atoms with Gasteiger partial charge in [0, 0.05) is 5.56 Å². The lowest BCUT2D eigenvalue weighted by Gasteiger charge is -2.22. The minimum atomic E-state index is -0.352. The Bertz CT molecular complexity index is 400. The molecule has 0 aliphatic heterocycles. The summed E-state index contributed by atoms with van der Waals surface area (Å²) in [4.78, 5) is 11.5. The van der Waals surface area contributed by atoms with E-state index in [4.69, 9.17) is 10.2 Å². The van der Waals surface area contributed by atoms with Crippen molar-refractivity contribution in [2.45, 2.75) is 51.9 Å². The average molecular weight is 221 g/mol. The van der Waals surface area contributed by atoms with Crippen LogP contribution in [0, 0.1) is 13.8 Å². The number of hydrogen-bond acceptors (Lipinski definition) is 2. The molecule has 1 aliphatic rings. The number of hydrogen-bond donors (Lipinski definition) is 1. The second-order valence-corrected chi connectivity index (χ2v) is 4.70. The fourth-order valence-electron chi connectivity index (χ4n) is 2.89. The molecule has 3 heteroatoms. The summed E-state index contributed by atoms with van der Waals surface area (Å²) in [5.41, 5.74) is 7.14. The highest BCUT2D eigenvalue weighted by Crippen LogP contribution is 2.38. The van der Waals surface area contributed by atoms with Crippen LogP contribution in [0.25, 0.3) is 0 Å². The molecule has 0 spiro atoms. The van der Waals surface area contributed by atoms with Gasteiger partial charge in [0.25, 0.3) is 5.91 Å². The van der Waals surface area contributed by atoms with E-state index in [2.05, 4.69) is 0 Å². The highest BCUT2D eigenvalue weighted by molar-refractivity contribution is 5.95. The van der Waals surface area contributed by atoms with Crippen molar-refractivity contribution in [3.05, 3.63) is 22.6 Å². The first-order valence-corrected chi connectivity index (χ1v) is 6.01. The first-order chi connectivity index (χ1) is 7.61. The number of furan rings is 1. The molecule has 3 nitrogen and oxygen atoms in total. The van der Waals surface area contributed by atoms with Crippen LogP contribution in [-0.2, 0) is 0 Å². The highest BCUT2D eigenvalue weighted by atomic mass is 16.3. The molecule has 0 unspecified atom stereocenters. The van der Waals surface area contributed by atoms with E-state index in [1.165, 1.54) is 19.3 Å². The van der Waals surface area contributed by atoms with Crippen LogP contribution in [-0.4, -0.2) is 5.91 Å². The first-order valence-electron chi connectivity index (χ1n) is 6.01. The van der Waals surface area contributed by atoms with Gasteiger partial charge in [-0.2, -0.15) is 0 Å². The maximum atomic E-state index is 11.5. The van der Waals surface area contributed by atoms with Gasteiger partial charge < -0.3 is 10.2 Å². The van der Waals surface area contributed by atoms with Gasteiger partial charge in [-0.25, -0.2) is 0 Å². The summed E-state index contributed by atoms with van der Waals surface area (Å²) in [6, 6.07) is 0. The Labute approximate surface area is 96.0 Å². The number of rotatable bonds is 2. The molecule has 2 N–H and O–H groups in total. The fourth-order valence-corrected chi connectivity index (χ4v) is 2.89. The smallest absolute Gasteiger partial charge is 0.252 e. The van der Waals surface area contributed by atoms with Gasteiger partial charge in [-0.15, -0.1) is 0 Å². The molecule has 0 bridgehead atoms. The largest absolute Gasteiger partial charge is 0.466 e. The van der Waals surface area contributed by atoms with Crippen molar-refractivity contribution in [2.24, 2.45) is 5.73 Å². The van der Waals surface area contributed by atoms with Gasteiger partial charge >= 0.3 is 0 Å². The number of amides is 1. The molecule has 0 saturated heterocycles. The van der Waals surface area contributed by atoms with Gasteiger partial charge in [-0.05, 0) is 32.6 Å². The number of carbonyl (C=O) groups excluding carboxylic acids is 1. The highest BCUT2D eigenvalue weighted by Gasteiger charge is 2.27. The van der Waals surface area contributed by atoms with Gasteiger partial charge in [-0.1, -0.05) is 19.3 Å². The Hall–Kier alpha value is -1.25. The van der Waals surface area contributed by atoms with E-state index >= 15 is 0 Å². The lowest BCUT2D eigenvalue weighted by Crippen LogP contribution is -2.16. The minimum Gasteiger partial charge on any atom is -0.466 e. The normalized spacial score (nSPS) is 17.6. The lowest BCUT2D eigenvalue weighted by atomic mass is 9.82. The van der Waals surface area contributed by atoms with Crippen LogP contribution in [0.1, 0.15) is 65.5 Å². The van der Waals surface area contributed by atoms with E-state index in [1.807, 2.05) is 13.8 Å². The van der Waals surface area contributed by atoms with Gasteiger partial charge in [0.15, 0.2) is 0 Å². The third-order valence-electron chi connectivity index (χ3n) is 3.57. The summed E-state index contributed by atoms with van der Waals surface area (Å²) >= 11 is 0. The predicted molar refractivity (Wildman–Crippen MR) is 62.5 cm³/mol. The number of nitrogens with two attached hydrogens (primary N) is 1. The summed E-state index contributed by atoms with van der Waals surface area (Å²) in [5, 5.41) is 0. The summed E-state index contributed by atoms with van der Waals surface area (Å²) < 4.78 is 5.56. The molecule has 1 aliphatic carbocycles. The molecule has 1 heterocycles. The zero-order valence-corrected chi connectivity index (χ0v) is 10.0. The van der Waals surface area contributed by atoms with Crippen molar-refractivity contribution in [3.8, 4) is 0 Å². The van der Waals surface area contributed by atoms with Crippen molar-refractivity contribution in [2.75, 3.05) is 0 Å². The third-order valence-corrected chi connectivity index (χ3v) is 3.57. The zero-order chi connectivity index (χ0) is 11.7. The van der Waals surface area contributed by atoms with Crippen molar-refractivity contribution < 1.29 is 9.21 Å². The maximum absolute atomic E-state index is 11.5. The van der Waals surface area contributed by atoms with E-state index < -0.39 is 0 Å². The van der Waals surface area contributed by atoms with Crippen LogP contribution in [0.5, 0.6) is 0 Å². The Balaban J connectivity index is 2.41. The Morgan fingerprint density at radius 2 is 1.81 bits per heavy atom. The average Bonchev–Trinajstić information content (AvgIpc) is 2.55. The van der Waals surface area contributed by atoms with E-state index in [-0.39, 0.29) is 5.91 Å². The van der Waals surface area contributed by atoms with Crippen LogP contribution in [0.2, 0.25) is 0 Å². The Morgan fingerprint density at radius 3 is 2.38 bits per heavy atom. The van der Waals surface area contributed by atoms with Gasteiger partial charge in [0.2, 0.25) is 0 Å². The predicted octanol–water partition coefficient (Wildman–Crippen LogP) is 3.04. The van der Waals surface area contributed by atoms with Gasteiger partial charge in [-0.3, -0.25) is 4.79 Å². The topological polar surface area (TPSA) is 56.2 Å². The molecular weight excluding hydrogens is 202 g/mol. The molecule has 2 rings (SSSR count). The summed E-state index contributed by atoms with van der Waals surface area (Å²) in [6.07, 6.45) is 6.09. The van der Waals surface area contributed by atoms with Crippen molar-refractivity contribution in [1.29, 1.82) is 0 Å². The molecule has 88 valence electrons. The second-order valence-electron chi connectivity index (χ2n) is 4.70. The standard InChI is InChI=1S/C13H19NO2/c1-8-11(10-6-4-3-5-7-10)12(13(14)15)9(2)16-8/h10H,3-7H2,1-2H3,(H2,14,15). The molecule has 1 aromatic rings. The summed E-state index contributed by atoms with van der Waals surface area (Å²) in [7, 11) is 0. The van der Waals surface area contributed by atoms with Crippen molar-refractivity contribution in [1.82, 2.24) is 0 Å². The minimum absolute atomic E-state index is 0.352. The Kier molecular flexibility index (Phi) is 3.03. The SMILES string of the molecule is Cc1oc(C)c(C2CCCCC2)c1C(N)=O. The number of carbonyl (C=O) groups is 1. The molecule has 0 atom stereocenters. The monoisotopic (exact) mass is 221 g/mol. The lowest BCUT2D eigenvalue weighted by molar-refractivity contribution is 0.0997. The molecule has 1 aromatic heterocycles. The van der Waals surface area contributed by atoms with Crippen LogP contribution < -0.4 is 5.73 Å². The zero-order valence-electron chi connectivity index (χ0n) is 10.0. The molecule has 16 heavy (non-hydrogen) atoms. The molecule has 0 aromatic carbocycles. The van der Waals surface area contributed by atoms with Crippen LogP contribution in [0.4, 0.5) is 0 Å². The van der Waals surface area contributed by atoms with Crippen LogP contribution >= 0.6 is 0 Å². The number of primary amides is 1. The van der Waals surface area contributed by atoms with E-state index in [1.54, 1.807) is 0 Å². The Morgan fingerprint density at radius 1 is 1.19 bits per heavy atom. The molecule has 1 amide bonds. The van der Waals surface area contributed by atoms with Gasteiger partial charge in [0.1, 0.15) is 11.5 Å². The molecule has 1 fully saturated rings. The maximum Gasteiger partial charge on any atom is 0.252 e. The third kappa shape index (κ3) is 1.86. The van der Waals surface area contributed by atoms with E-state index in [0.717, 1.165) is 24.2 Å². The van der Waals surface area contributed by atoms with Gasteiger partial charge in [0.05, 0.1) is 5.56 Å². The second kappa shape index (κ2) is 4.32. The molecular formula is C13H19NO2. The number of aryl methyl sites for hydroxylation is 2. The fraction of sp³-hybridized carbons (Fsp3) is 0.615. The van der Waals surface area contributed by atoms with Crippen molar-refractivity contribution >= 4 is 5.91 Å². The van der Waals surface area contributed by atoms with E-state index in [9.17, 15) is 4.79 Å². The van der Waals surface area contributed by atoms with Crippen LogP contribution in [0.3, 0.4) is 0 Å². The summed E-state index contributed by atoms with van der Waals surface area (Å²) in [6.45, 7) is 3.75. The van der Waals surface area contributed by atoms with E-state index in [0.29, 0.717) is 17.2 Å². The summed E-state index contributed by atoms with van der Waals surface area (Å²) in [5.74, 6) is 1.66. The van der Waals surface area contributed by atoms with Crippen LogP contribution in [0.15, 0.2) is 4.42 Å². The molecule has 1 saturated carbocycles. The molecule has 0 radical (unpaired) electrons. The quantitative estimate of drug-likeness (QED) is 0.834. The first kappa shape index (κ1) is 11.2.